The number of nitrogens with zero attached hydrogens (tertiary/aromatic N) is 1. The third-order valence-corrected chi connectivity index (χ3v) is 0.148. The van der Waals surface area contributed by atoms with Crippen molar-refractivity contribution in [1.29, 1.82) is 5.26 Å². The van der Waals surface area contributed by atoms with Crippen LogP contribution in [0.4, 0.5) is 0 Å². The minimum atomic E-state index is -0.0278. The van der Waals surface area contributed by atoms with Crippen molar-refractivity contribution in [3.05, 3.63) is 0 Å². The lowest BCUT2D eigenvalue weighted by molar-refractivity contribution is 0.172. The van der Waals surface area contributed by atoms with E-state index in [1.54, 1.807) is 6.07 Å². The number of hydrogen-bond donors (Lipinski definition) is 1. The molecular weight excluding hydrogens is 103 g/mol. The monoisotopic (exact) mass is 108 g/mol. The van der Waals surface area contributed by atoms with E-state index in [0.29, 0.717) is 0 Å². The third-order valence-electron chi connectivity index (χ3n) is 0.148. The quantitative estimate of drug-likeness (QED) is 0.474. The van der Waals surface area contributed by atoms with Gasteiger partial charge >= 0.3 is 0 Å². The zero-order valence-corrected chi connectivity index (χ0v) is 3.86. The Balaban J connectivity index is 0. The van der Waals surface area contributed by atoms with Crippen LogP contribution in [-0.2, 0) is 4.84 Å². The maximum absolute atomic E-state index is 7.61. The molecule has 0 radical (unpaired) electrons. The molecule has 0 aromatic heterocycles. The van der Waals surface area contributed by atoms with Crippen molar-refractivity contribution >= 4 is 12.4 Å². The Morgan fingerprint density at radius 1 is 1.83 bits per heavy atom. The molecule has 0 aliphatic carbocycles. The maximum Gasteiger partial charge on any atom is 0.154 e. The molecule has 3 nitrogen and oxygen atoms in total. The molecule has 0 aliphatic rings. The van der Waals surface area contributed by atoms with Crippen LogP contribution in [0.25, 0.3) is 0 Å². The summed E-state index contributed by atoms with van der Waals surface area (Å²) < 4.78 is 0. The van der Waals surface area contributed by atoms with Crippen LogP contribution in [0.2, 0.25) is 0 Å². The fraction of sp³-hybridized carbons (Fsp3) is 0.500. The summed E-state index contributed by atoms with van der Waals surface area (Å²) in [6.07, 6.45) is 0. The van der Waals surface area contributed by atoms with E-state index in [9.17, 15) is 0 Å². The number of nitriles is 1. The normalized spacial score (nSPS) is 5.33. The summed E-state index contributed by atoms with van der Waals surface area (Å²) in [5.41, 5.74) is 0. The molecule has 2 N–H and O–H groups in total. The molecule has 0 rings (SSSR count). The number of hydrogen-bond acceptors (Lipinski definition) is 3. The van der Waals surface area contributed by atoms with E-state index < -0.39 is 0 Å². The molecule has 36 valence electrons. The van der Waals surface area contributed by atoms with Crippen LogP contribution in [0.1, 0.15) is 0 Å². The van der Waals surface area contributed by atoms with E-state index in [1.165, 1.54) is 0 Å². The summed E-state index contributed by atoms with van der Waals surface area (Å²) in [6, 6.07) is 1.67. The minimum Gasteiger partial charge on any atom is -0.289 e. The van der Waals surface area contributed by atoms with Crippen LogP contribution in [0, 0.1) is 11.3 Å². The fourth-order valence-corrected chi connectivity index (χ4v) is 0.0373. The van der Waals surface area contributed by atoms with Crippen LogP contribution >= 0.6 is 12.4 Å². The van der Waals surface area contributed by atoms with Gasteiger partial charge in [0.1, 0.15) is 0 Å². The summed E-state index contributed by atoms with van der Waals surface area (Å²) in [5.74, 6) is 4.42. The lowest BCUT2D eigenvalue weighted by atomic mass is 10.9. The Morgan fingerprint density at radius 3 is 2.33 bits per heavy atom. The van der Waals surface area contributed by atoms with Gasteiger partial charge in [0.05, 0.1) is 6.07 Å². The van der Waals surface area contributed by atoms with Gasteiger partial charge in [-0.3, -0.25) is 4.84 Å². The average Bonchev–Trinajstić information content (AvgIpc) is 1.41. The maximum atomic E-state index is 7.61. The fourth-order valence-electron chi connectivity index (χ4n) is 0.0373. The second kappa shape index (κ2) is 8.83. The molecule has 0 atom stereocenters. The molecule has 0 bridgehead atoms. The molecule has 0 heterocycles. The van der Waals surface area contributed by atoms with E-state index in [2.05, 4.69) is 10.7 Å². The van der Waals surface area contributed by atoms with Gasteiger partial charge in [0.15, 0.2) is 6.61 Å². The van der Waals surface area contributed by atoms with Gasteiger partial charge in [-0.2, -0.15) is 5.26 Å². The molecule has 6 heavy (non-hydrogen) atoms. The van der Waals surface area contributed by atoms with Gasteiger partial charge in [-0.25, -0.2) is 5.90 Å². The van der Waals surface area contributed by atoms with Gasteiger partial charge in [-0.05, 0) is 0 Å². The van der Waals surface area contributed by atoms with Crippen molar-refractivity contribution in [3.8, 4) is 6.07 Å². The van der Waals surface area contributed by atoms with E-state index in [1.807, 2.05) is 0 Å². The Hall–Kier alpha value is -0.300. The molecule has 0 saturated carbocycles. The zero-order chi connectivity index (χ0) is 4.12. The zero-order valence-electron chi connectivity index (χ0n) is 3.05. The van der Waals surface area contributed by atoms with Crippen molar-refractivity contribution in [2.45, 2.75) is 0 Å². The highest BCUT2D eigenvalue weighted by Crippen LogP contribution is 1.48. The average molecular weight is 109 g/mol. The minimum absolute atomic E-state index is 0. The first-order valence-corrected chi connectivity index (χ1v) is 1.10. The summed E-state index contributed by atoms with van der Waals surface area (Å²) in [5, 5.41) is 7.61. The van der Waals surface area contributed by atoms with Crippen molar-refractivity contribution in [2.24, 2.45) is 5.90 Å². The van der Waals surface area contributed by atoms with Crippen molar-refractivity contribution in [3.63, 3.8) is 0 Å². The second-order valence-electron chi connectivity index (χ2n) is 0.469. The summed E-state index contributed by atoms with van der Waals surface area (Å²) >= 11 is 0. The van der Waals surface area contributed by atoms with Crippen LogP contribution in [0.15, 0.2) is 0 Å². The van der Waals surface area contributed by atoms with E-state index in [4.69, 9.17) is 5.26 Å². The van der Waals surface area contributed by atoms with E-state index in [-0.39, 0.29) is 19.0 Å². The smallest absolute Gasteiger partial charge is 0.154 e. The Bertz CT molecular complexity index is 50.0. The Morgan fingerprint density at radius 2 is 2.33 bits per heavy atom. The van der Waals surface area contributed by atoms with Gasteiger partial charge in [-0.1, -0.05) is 0 Å². The molecule has 0 aromatic rings. The first-order valence-electron chi connectivity index (χ1n) is 1.10. The Kier molecular flexibility index (Phi) is 13.5. The molecule has 0 saturated heterocycles. The van der Waals surface area contributed by atoms with Gasteiger partial charge in [0.2, 0.25) is 0 Å². The second-order valence-corrected chi connectivity index (χ2v) is 0.469. The first kappa shape index (κ1) is 9.20. The van der Waals surface area contributed by atoms with E-state index in [0.717, 1.165) is 0 Å². The molecular formula is C2H5ClN2O. The van der Waals surface area contributed by atoms with Gasteiger partial charge in [0.25, 0.3) is 0 Å². The Labute approximate surface area is 42.1 Å². The summed E-state index contributed by atoms with van der Waals surface area (Å²) in [4.78, 5) is 3.83. The van der Waals surface area contributed by atoms with Crippen LogP contribution in [0.3, 0.4) is 0 Å². The highest BCUT2D eigenvalue weighted by molar-refractivity contribution is 5.85. The first-order chi connectivity index (χ1) is 2.41. The topological polar surface area (TPSA) is 59.0 Å². The molecule has 0 spiro atoms. The number of halogens is 1. The lowest BCUT2D eigenvalue weighted by Crippen LogP contribution is -1.96. The van der Waals surface area contributed by atoms with Crippen LogP contribution in [0.5, 0.6) is 0 Å². The number of nitrogens with two attached hydrogens (primary N) is 1. The van der Waals surface area contributed by atoms with Gasteiger partial charge in [-0.15, -0.1) is 12.4 Å². The van der Waals surface area contributed by atoms with Gasteiger partial charge < -0.3 is 0 Å². The highest BCUT2D eigenvalue weighted by atomic mass is 35.5. The highest BCUT2D eigenvalue weighted by Gasteiger charge is 1.63. The van der Waals surface area contributed by atoms with E-state index >= 15 is 0 Å². The van der Waals surface area contributed by atoms with Crippen molar-refractivity contribution in [1.82, 2.24) is 0 Å². The predicted octanol–water partition coefficient (Wildman–Crippen LogP) is -0.178. The lowest BCUT2D eigenvalue weighted by Gasteiger charge is -1.73. The third kappa shape index (κ3) is 9.33. The van der Waals surface area contributed by atoms with Gasteiger partial charge in [0, 0.05) is 0 Å². The molecule has 0 amide bonds. The predicted molar refractivity (Wildman–Crippen MR) is 23.0 cm³/mol. The molecule has 0 fully saturated rings. The molecule has 0 aliphatic heterocycles. The molecule has 0 unspecified atom stereocenters. The van der Waals surface area contributed by atoms with Crippen molar-refractivity contribution in [2.75, 3.05) is 6.61 Å². The number of rotatable bonds is 1. The molecule has 4 heteroatoms. The van der Waals surface area contributed by atoms with Crippen LogP contribution < -0.4 is 5.90 Å². The summed E-state index contributed by atoms with van der Waals surface area (Å²) in [7, 11) is 0. The van der Waals surface area contributed by atoms with Crippen molar-refractivity contribution < 1.29 is 4.84 Å². The largest absolute Gasteiger partial charge is 0.289 e. The standard InChI is InChI=1S/C2H4N2O.ClH/c3-1-2-5-4;/h2,4H2;1H. The van der Waals surface area contributed by atoms with Crippen LogP contribution in [-0.4, -0.2) is 6.61 Å². The summed E-state index contributed by atoms with van der Waals surface area (Å²) in [6.45, 7) is -0.0278. The SMILES string of the molecule is Cl.N#CCON. The molecule has 0 aromatic carbocycles.